The second-order valence-electron chi connectivity index (χ2n) is 6.59. The van der Waals surface area contributed by atoms with Crippen molar-refractivity contribution < 1.29 is 22.7 Å². The zero-order valence-electron chi connectivity index (χ0n) is 15.7. The number of hydrogen-bond acceptors (Lipinski definition) is 6. The summed E-state index contributed by atoms with van der Waals surface area (Å²) in [5, 5.41) is 4.73. The molecule has 3 rings (SSSR count). The predicted octanol–water partition coefficient (Wildman–Crippen LogP) is 3.35. The zero-order chi connectivity index (χ0) is 20.3. The average molecular weight is 423 g/mol. The van der Waals surface area contributed by atoms with E-state index in [2.05, 4.69) is 10.1 Å². The molecule has 0 unspecified atom stereocenters. The van der Waals surface area contributed by atoms with Gasteiger partial charge in [0.2, 0.25) is 10.0 Å². The number of hydrogen-bond donors (Lipinski definition) is 1. The van der Waals surface area contributed by atoms with Gasteiger partial charge in [-0.05, 0) is 48.6 Å². The van der Waals surface area contributed by atoms with Crippen LogP contribution in [0.3, 0.4) is 0 Å². The Bertz CT molecular complexity index is 960. The Morgan fingerprint density at radius 1 is 1.14 bits per heavy atom. The molecule has 0 saturated heterocycles. The van der Waals surface area contributed by atoms with Crippen molar-refractivity contribution in [3.05, 3.63) is 46.8 Å². The lowest BCUT2D eigenvalue weighted by molar-refractivity contribution is 0.0602. The molecule has 9 heteroatoms. The number of benzene rings is 1. The van der Waals surface area contributed by atoms with Crippen LogP contribution in [0.4, 0.5) is 5.00 Å². The molecule has 7 nitrogen and oxygen atoms in total. The van der Waals surface area contributed by atoms with Gasteiger partial charge in [-0.1, -0.05) is 12.8 Å². The molecule has 1 N–H and O–H groups in total. The molecule has 0 radical (unpaired) electrons. The third-order valence-electron chi connectivity index (χ3n) is 4.93. The summed E-state index contributed by atoms with van der Waals surface area (Å²) < 4.78 is 31.7. The van der Waals surface area contributed by atoms with Crippen molar-refractivity contribution >= 4 is 38.2 Å². The first kappa shape index (κ1) is 20.5. The first-order chi connectivity index (χ1) is 13.3. The largest absolute Gasteiger partial charge is 0.465 e. The lowest BCUT2D eigenvalue weighted by Gasteiger charge is -2.23. The third-order valence-corrected chi connectivity index (χ3v) is 7.68. The van der Waals surface area contributed by atoms with Crippen molar-refractivity contribution in [2.75, 3.05) is 19.5 Å². The molecule has 1 aliphatic carbocycles. The summed E-state index contributed by atoms with van der Waals surface area (Å²) in [6.07, 6.45) is 3.83. The van der Waals surface area contributed by atoms with E-state index in [1.165, 1.54) is 47.0 Å². The van der Waals surface area contributed by atoms with Gasteiger partial charge in [0.15, 0.2) is 0 Å². The van der Waals surface area contributed by atoms with Crippen LogP contribution in [0.5, 0.6) is 0 Å². The molecule has 0 spiro atoms. The highest BCUT2D eigenvalue weighted by Crippen LogP contribution is 2.28. The van der Waals surface area contributed by atoms with Crippen LogP contribution < -0.4 is 5.32 Å². The van der Waals surface area contributed by atoms with Gasteiger partial charge in [-0.3, -0.25) is 4.79 Å². The van der Waals surface area contributed by atoms with Crippen LogP contribution in [0.25, 0.3) is 0 Å². The maximum Gasteiger partial charge on any atom is 0.340 e. The van der Waals surface area contributed by atoms with Gasteiger partial charge in [-0.2, -0.15) is 4.31 Å². The van der Waals surface area contributed by atoms with Crippen LogP contribution >= 0.6 is 11.3 Å². The molecule has 1 aromatic heterocycles. The highest BCUT2D eigenvalue weighted by Gasteiger charge is 2.30. The Kier molecular flexibility index (Phi) is 6.17. The van der Waals surface area contributed by atoms with Crippen LogP contribution in [0, 0.1) is 0 Å². The lowest BCUT2D eigenvalue weighted by Crippen LogP contribution is -2.35. The van der Waals surface area contributed by atoms with E-state index in [4.69, 9.17) is 0 Å². The number of nitrogens with zero attached hydrogens (tertiary/aromatic N) is 1. The fourth-order valence-corrected chi connectivity index (χ4v) is 5.45. The number of esters is 1. The van der Waals surface area contributed by atoms with E-state index in [-0.39, 0.29) is 16.5 Å². The van der Waals surface area contributed by atoms with Crippen molar-refractivity contribution in [2.24, 2.45) is 0 Å². The quantitative estimate of drug-likeness (QED) is 0.721. The number of sulfonamides is 1. The van der Waals surface area contributed by atoms with E-state index in [9.17, 15) is 18.0 Å². The minimum absolute atomic E-state index is 0.0311. The van der Waals surface area contributed by atoms with Crippen LogP contribution in [0.1, 0.15) is 46.4 Å². The van der Waals surface area contributed by atoms with Crippen molar-refractivity contribution in [3.8, 4) is 0 Å². The molecule has 28 heavy (non-hydrogen) atoms. The van der Waals surface area contributed by atoms with E-state index in [0.29, 0.717) is 10.6 Å². The van der Waals surface area contributed by atoms with Crippen LogP contribution in [-0.2, 0) is 14.8 Å². The van der Waals surface area contributed by atoms with Gasteiger partial charge in [0.05, 0.1) is 17.6 Å². The molecule has 0 aliphatic heterocycles. The molecule has 0 atom stereocenters. The second kappa shape index (κ2) is 8.42. The highest BCUT2D eigenvalue weighted by molar-refractivity contribution is 7.89. The molecule has 150 valence electrons. The number of methoxy groups -OCH3 is 1. The number of thiophene rings is 1. The number of anilines is 1. The molecule has 1 fully saturated rings. The molecule has 1 saturated carbocycles. The molecule has 2 aromatic rings. The number of carbonyl (C=O) groups is 2. The van der Waals surface area contributed by atoms with Crippen molar-refractivity contribution in [2.45, 2.75) is 36.6 Å². The first-order valence-electron chi connectivity index (χ1n) is 8.90. The number of carbonyl (C=O) groups excluding carboxylic acids is 2. The summed E-state index contributed by atoms with van der Waals surface area (Å²) in [5.74, 6) is -0.964. The zero-order valence-corrected chi connectivity index (χ0v) is 17.3. The summed E-state index contributed by atoms with van der Waals surface area (Å²) in [7, 11) is -0.714. The summed E-state index contributed by atoms with van der Waals surface area (Å²) in [4.78, 5) is 24.3. The van der Waals surface area contributed by atoms with Crippen LogP contribution in [0.2, 0.25) is 0 Å². The minimum Gasteiger partial charge on any atom is -0.465 e. The highest BCUT2D eigenvalue weighted by atomic mass is 32.2. The third kappa shape index (κ3) is 4.11. The number of amides is 1. The Hall–Kier alpha value is -2.23. The first-order valence-corrected chi connectivity index (χ1v) is 11.2. The monoisotopic (exact) mass is 422 g/mol. The van der Waals surface area contributed by atoms with Crippen molar-refractivity contribution in [1.82, 2.24) is 4.31 Å². The number of nitrogens with one attached hydrogen (secondary N) is 1. The molecular weight excluding hydrogens is 400 g/mol. The Balaban J connectivity index is 1.74. The Labute approximate surface area is 168 Å². The van der Waals surface area contributed by atoms with Gasteiger partial charge in [-0.25, -0.2) is 13.2 Å². The number of ether oxygens (including phenoxy) is 1. The molecule has 1 aliphatic rings. The molecular formula is C19H22N2O5S2. The SMILES string of the molecule is COC(=O)c1ccsc1NC(=O)c1ccc(S(=O)(=O)N(C)C2CCCC2)cc1. The van der Waals surface area contributed by atoms with Crippen LogP contribution in [0.15, 0.2) is 40.6 Å². The lowest BCUT2D eigenvalue weighted by atomic mass is 10.2. The van der Waals surface area contributed by atoms with Gasteiger partial charge in [0.25, 0.3) is 5.91 Å². The van der Waals surface area contributed by atoms with Gasteiger partial charge >= 0.3 is 5.97 Å². The fourth-order valence-electron chi connectivity index (χ4n) is 3.26. The summed E-state index contributed by atoms with van der Waals surface area (Å²) >= 11 is 1.21. The maximum atomic E-state index is 12.8. The Morgan fingerprint density at radius 2 is 1.79 bits per heavy atom. The van der Waals surface area contributed by atoms with Gasteiger partial charge in [0, 0.05) is 18.7 Å². The van der Waals surface area contributed by atoms with E-state index >= 15 is 0 Å². The molecule has 1 aromatic carbocycles. The second-order valence-corrected chi connectivity index (χ2v) is 9.51. The van der Waals surface area contributed by atoms with E-state index in [0.717, 1.165) is 25.7 Å². The van der Waals surface area contributed by atoms with E-state index in [1.807, 2.05) is 0 Å². The summed E-state index contributed by atoms with van der Waals surface area (Å²) in [6, 6.07) is 7.41. The van der Waals surface area contributed by atoms with Crippen molar-refractivity contribution in [1.29, 1.82) is 0 Å². The maximum absolute atomic E-state index is 12.8. The molecule has 1 amide bonds. The topological polar surface area (TPSA) is 92.8 Å². The summed E-state index contributed by atoms with van der Waals surface area (Å²) in [5.41, 5.74) is 0.574. The minimum atomic E-state index is -3.59. The average Bonchev–Trinajstić information content (AvgIpc) is 3.39. The van der Waals surface area contributed by atoms with Gasteiger partial charge in [0.1, 0.15) is 5.00 Å². The smallest absolute Gasteiger partial charge is 0.340 e. The fraction of sp³-hybridized carbons (Fsp3) is 0.368. The van der Waals surface area contributed by atoms with E-state index in [1.54, 1.807) is 18.5 Å². The van der Waals surface area contributed by atoms with E-state index < -0.39 is 21.9 Å². The normalized spacial score (nSPS) is 15.0. The van der Waals surface area contributed by atoms with Gasteiger partial charge in [-0.15, -0.1) is 11.3 Å². The van der Waals surface area contributed by atoms with Gasteiger partial charge < -0.3 is 10.1 Å². The molecule has 1 heterocycles. The number of rotatable bonds is 6. The standard InChI is InChI=1S/C19H22N2O5S2/c1-21(14-5-3-4-6-14)28(24,25)15-9-7-13(8-10-15)17(22)20-18-16(11-12-27-18)19(23)26-2/h7-12,14H,3-6H2,1-2H3,(H,20,22). The molecule has 0 bridgehead atoms. The predicted molar refractivity (Wildman–Crippen MR) is 107 cm³/mol. The van der Waals surface area contributed by atoms with Crippen LogP contribution in [-0.4, -0.2) is 44.8 Å². The Morgan fingerprint density at radius 3 is 2.39 bits per heavy atom. The summed E-state index contributed by atoms with van der Waals surface area (Å²) in [6.45, 7) is 0. The van der Waals surface area contributed by atoms with Crippen molar-refractivity contribution in [3.63, 3.8) is 0 Å².